The van der Waals surface area contributed by atoms with Gasteiger partial charge in [0.05, 0.1) is 6.42 Å². The van der Waals surface area contributed by atoms with Gasteiger partial charge in [-0.2, -0.15) is 0 Å². The number of amides is 2. The standard InChI is InChI=1S/C15H17N2O3/c16-15(20)13-10-12(18)8-9-17(13)14(19)7-6-11-4-2-1-3-5-11/h1-5,7,13H,6,8-10H2,(H2,16,20). The van der Waals surface area contributed by atoms with Crippen LogP contribution < -0.4 is 5.73 Å². The van der Waals surface area contributed by atoms with Crippen LogP contribution in [0.5, 0.6) is 0 Å². The predicted molar refractivity (Wildman–Crippen MR) is 73.4 cm³/mol. The molecule has 0 aliphatic carbocycles. The molecule has 1 saturated heterocycles. The summed E-state index contributed by atoms with van der Waals surface area (Å²) in [4.78, 5) is 36.3. The van der Waals surface area contributed by atoms with Crippen LogP contribution in [0.15, 0.2) is 30.3 Å². The lowest BCUT2D eigenvalue weighted by Gasteiger charge is -2.32. The van der Waals surface area contributed by atoms with Crippen LogP contribution in [0.1, 0.15) is 18.4 Å². The van der Waals surface area contributed by atoms with Crippen molar-refractivity contribution in [2.45, 2.75) is 25.3 Å². The van der Waals surface area contributed by atoms with Crippen molar-refractivity contribution >= 4 is 17.6 Å². The largest absolute Gasteiger partial charge is 0.368 e. The Morgan fingerprint density at radius 1 is 1.30 bits per heavy atom. The van der Waals surface area contributed by atoms with Gasteiger partial charge in [-0.05, 0) is 12.0 Å². The van der Waals surface area contributed by atoms with E-state index < -0.39 is 11.9 Å². The lowest BCUT2D eigenvalue weighted by Crippen LogP contribution is -2.52. The van der Waals surface area contributed by atoms with Crippen molar-refractivity contribution in [3.8, 4) is 0 Å². The van der Waals surface area contributed by atoms with Gasteiger partial charge < -0.3 is 10.6 Å². The van der Waals surface area contributed by atoms with E-state index in [1.165, 1.54) is 11.3 Å². The zero-order valence-electron chi connectivity index (χ0n) is 11.1. The lowest BCUT2D eigenvalue weighted by atomic mass is 9.99. The van der Waals surface area contributed by atoms with Crippen molar-refractivity contribution in [3.63, 3.8) is 0 Å². The Morgan fingerprint density at radius 2 is 2.00 bits per heavy atom. The predicted octanol–water partition coefficient (Wildman–Crippen LogP) is 0.479. The third kappa shape index (κ3) is 3.44. The number of primary amides is 1. The zero-order valence-corrected chi connectivity index (χ0v) is 11.1. The molecular formula is C15H17N2O3. The van der Waals surface area contributed by atoms with Gasteiger partial charge in [0.15, 0.2) is 0 Å². The zero-order chi connectivity index (χ0) is 14.5. The summed E-state index contributed by atoms with van der Waals surface area (Å²) in [6.45, 7) is 0.260. The fourth-order valence-corrected chi connectivity index (χ4v) is 2.28. The van der Waals surface area contributed by atoms with Crippen LogP contribution in [0.25, 0.3) is 0 Å². The van der Waals surface area contributed by atoms with Crippen molar-refractivity contribution in [2.75, 3.05) is 6.54 Å². The normalized spacial score (nSPS) is 18.9. The summed E-state index contributed by atoms with van der Waals surface area (Å²) in [5.74, 6) is -0.898. The molecule has 0 spiro atoms. The summed E-state index contributed by atoms with van der Waals surface area (Å²) in [5.41, 5.74) is 6.28. The van der Waals surface area contributed by atoms with Crippen LogP contribution in [0.2, 0.25) is 0 Å². The number of carbonyl (C=O) groups is 3. The number of nitrogens with zero attached hydrogens (tertiary/aromatic N) is 1. The summed E-state index contributed by atoms with van der Waals surface area (Å²) in [6.07, 6.45) is 2.34. The van der Waals surface area contributed by atoms with Crippen molar-refractivity contribution < 1.29 is 14.4 Å². The molecule has 1 aromatic carbocycles. The Hall–Kier alpha value is -2.17. The molecule has 0 bridgehead atoms. The monoisotopic (exact) mass is 273 g/mol. The first kappa shape index (κ1) is 14.2. The topological polar surface area (TPSA) is 80.5 Å². The number of carbonyl (C=O) groups excluding carboxylic acids is 3. The molecule has 1 heterocycles. The number of Topliss-reactive ketones (excluding diaryl/α,β-unsaturated/α-hetero) is 1. The van der Waals surface area contributed by atoms with Crippen molar-refractivity contribution in [3.05, 3.63) is 42.3 Å². The van der Waals surface area contributed by atoms with Crippen molar-refractivity contribution in [1.82, 2.24) is 4.90 Å². The minimum absolute atomic E-state index is 0.0269. The minimum Gasteiger partial charge on any atom is -0.368 e. The number of hydrogen-bond acceptors (Lipinski definition) is 3. The molecule has 1 aliphatic heterocycles. The van der Waals surface area contributed by atoms with Crippen LogP contribution in [0.3, 0.4) is 0 Å². The van der Waals surface area contributed by atoms with E-state index in [0.717, 1.165) is 5.56 Å². The maximum absolute atomic E-state index is 12.1. The fourth-order valence-electron chi connectivity index (χ4n) is 2.28. The Kier molecular flexibility index (Phi) is 4.50. The van der Waals surface area contributed by atoms with Gasteiger partial charge in [0.1, 0.15) is 11.8 Å². The molecule has 2 N–H and O–H groups in total. The number of piperidine rings is 1. The molecule has 1 aliphatic rings. The Balaban J connectivity index is 1.97. The number of rotatable bonds is 4. The Bertz CT molecular complexity index is 513. The Labute approximate surface area is 117 Å². The highest BCUT2D eigenvalue weighted by Gasteiger charge is 2.33. The van der Waals surface area contributed by atoms with Crippen LogP contribution in [0.4, 0.5) is 0 Å². The molecule has 5 nitrogen and oxygen atoms in total. The van der Waals surface area contributed by atoms with Crippen molar-refractivity contribution in [1.29, 1.82) is 0 Å². The minimum atomic E-state index is -0.809. The molecule has 0 aromatic heterocycles. The number of nitrogens with two attached hydrogens (primary N) is 1. The first-order valence-electron chi connectivity index (χ1n) is 6.56. The molecule has 1 fully saturated rings. The van der Waals surface area contributed by atoms with Gasteiger partial charge in [-0.15, -0.1) is 0 Å². The molecule has 0 saturated carbocycles. The van der Waals surface area contributed by atoms with Gasteiger partial charge >= 0.3 is 0 Å². The average Bonchev–Trinajstić information content (AvgIpc) is 2.45. The van der Waals surface area contributed by atoms with Gasteiger partial charge in [0.2, 0.25) is 11.8 Å². The second kappa shape index (κ2) is 6.32. The quantitative estimate of drug-likeness (QED) is 0.866. The second-order valence-corrected chi connectivity index (χ2v) is 4.84. The maximum atomic E-state index is 12.1. The number of hydrogen-bond donors (Lipinski definition) is 1. The van der Waals surface area contributed by atoms with E-state index in [2.05, 4.69) is 0 Å². The summed E-state index contributed by atoms with van der Waals surface area (Å²) >= 11 is 0. The van der Waals surface area contributed by atoms with Crippen LogP contribution in [0, 0.1) is 6.42 Å². The molecule has 2 rings (SSSR count). The van der Waals surface area contributed by atoms with Gasteiger partial charge in [-0.25, -0.2) is 0 Å². The highest BCUT2D eigenvalue weighted by atomic mass is 16.2. The third-order valence-electron chi connectivity index (χ3n) is 3.40. The highest BCUT2D eigenvalue weighted by molar-refractivity contribution is 5.96. The van der Waals surface area contributed by atoms with E-state index >= 15 is 0 Å². The lowest BCUT2D eigenvalue weighted by molar-refractivity contribution is -0.142. The highest BCUT2D eigenvalue weighted by Crippen LogP contribution is 2.16. The second-order valence-electron chi connectivity index (χ2n) is 4.84. The summed E-state index contributed by atoms with van der Waals surface area (Å²) in [5, 5.41) is 0. The van der Waals surface area contributed by atoms with Gasteiger partial charge in [0.25, 0.3) is 0 Å². The smallest absolute Gasteiger partial charge is 0.240 e. The fraction of sp³-hybridized carbons (Fsp3) is 0.333. The molecule has 20 heavy (non-hydrogen) atoms. The number of benzene rings is 1. The molecule has 5 heteroatoms. The van der Waals surface area contributed by atoms with E-state index in [0.29, 0.717) is 6.42 Å². The molecular weight excluding hydrogens is 256 g/mol. The summed E-state index contributed by atoms with van der Waals surface area (Å²) in [7, 11) is 0. The third-order valence-corrected chi connectivity index (χ3v) is 3.40. The number of ketones is 1. The first-order valence-corrected chi connectivity index (χ1v) is 6.56. The van der Waals surface area contributed by atoms with E-state index in [1.54, 1.807) is 0 Å². The van der Waals surface area contributed by atoms with Crippen LogP contribution in [-0.4, -0.2) is 35.1 Å². The maximum Gasteiger partial charge on any atom is 0.240 e. The first-order chi connectivity index (χ1) is 9.58. The van der Waals surface area contributed by atoms with E-state index in [1.807, 2.05) is 30.3 Å². The molecule has 2 amide bonds. The van der Waals surface area contributed by atoms with E-state index in [4.69, 9.17) is 5.73 Å². The van der Waals surface area contributed by atoms with E-state index in [-0.39, 0.29) is 31.1 Å². The van der Waals surface area contributed by atoms with Gasteiger partial charge in [-0.3, -0.25) is 14.4 Å². The molecule has 1 atom stereocenters. The Morgan fingerprint density at radius 3 is 2.65 bits per heavy atom. The molecule has 1 aromatic rings. The molecule has 1 radical (unpaired) electrons. The van der Waals surface area contributed by atoms with E-state index in [9.17, 15) is 14.4 Å². The molecule has 1 unspecified atom stereocenters. The van der Waals surface area contributed by atoms with Gasteiger partial charge in [-0.1, -0.05) is 30.3 Å². The van der Waals surface area contributed by atoms with Crippen LogP contribution in [-0.2, 0) is 20.8 Å². The van der Waals surface area contributed by atoms with Crippen molar-refractivity contribution in [2.24, 2.45) is 5.73 Å². The average molecular weight is 273 g/mol. The van der Waals surface area contributed by atoms with Gasteiger partial charge in [0, 0.05) is 19.4 Å². The molecule has 105 valence electrons. The summed E-state index contributed by atoms with van der Waals surface area (Å²) < 4.78 is 0. The SMILES string of the molecule is NC(=O)C1CC(=O)CCN1C(=O)[CH]Cc1ccccc1. The van der Waals surface area contributed by atoms with Crippen LogP contribution >= 0.6 is 0 Å². The number of likely N-dealkylation sites (tertiary alicyclic amines) is 1. The summed E-state index contributed by atoms with van der Waals surface area (Å²) in [6, 6.07) is 8.75.